The van der Waals surface area contributed by atoms with Crippen molar-refractivity contribution >= 4 is 45.5 Å². The summed E-state index contributed by atoms with van der Waals surface area (Å²) in [5.41, 5.74) is 2.93. The first-order valence-corrected chi connectivity index (χ1v) is 15.1. The number of thiazole rings is 1. The number of pyridine rings is 1. The van der Waals surface area contributed by atoms with Crippen molar-refractivity contribution in [3.05, 3.63) is 75.2 Å². The number of esters is 1. The molecule has 5 rings (SSSR count). The van der Waals surface area contributed by atoms with E-state index >= 15 is 0 Å². The largest absolute Gasteiger partial charge is 0.505 e. The number of carbonyl (C=O) groups excluding carboxylic acids is 3. The second-order valence-electron chi connectivity index (χ2n) is 10.3. The van der Waals surface area contributed by atoms with Crippen LogP contribution in [0.25, 0.3) is 11.4 Å². The Bertz CT molecular complexity index is 1810. The average molecular weight is 619 g/mol. The van der Waals surface area contributed by atoms with Crippen LogP contribution in [0.5, 0.6) is 11.5 Å². The number of Topliss-reactive ketones (excluding diaryl/α,β-unsaturated/α-hetero) is 1. The first kappa shape index (κ1) is 30.7. The molecule has 230 valence electrons. The van der Waals surface area contributed by atoms with Crippen molar-refractivity contribution in [2.75, 3.05) is 25.2 Å². The molecule has 0 bridgehead atoms. The molecule has 1 saturated heterocycles. The summed E-state index contributed by atoms with van der Waals surface area (Å²) in [5.74, 6) is -1.89. The van der Waals surface area contributed by atoms with Gasteiger partial charge in [-0.05, 0) is 63.4 Å². The number of ketones is 1. The molecule has 1 atom stereocenters. The quantitative estimate of drug-likeness (QED) is 0.0781. The molecule has 0 aliphatic carbocycles. The molecular weight excluding hydrogens is 584 g/mol. The Kier molecular flexibility index (Phi) is 8.73. The van der Waals surface area contributed by atoms with Gasteiger partial charge in [-0.25, -0.2) is 14.8 Å². The number of aliphatic hydroxyl groups excluding tert-OH is 1. The molecule has 12 heteroatoms. The third-order valence-electron chi connectivity index (χ3n) is 7.45. The molecule has 1 aliphatic heterocycles. The number of aromatic nitrogens is 3. The maximum atomic E-state index is 13.8. The molecule has 1 aromatic carbocycles. The number of ether oxygens (including phenoxy) is 3. The minimum atomic E-state index is -1.11. The van der Waals surface area contributed by atoms with Crippen LogP contribution in [0.4, 0.5) is 5.13 Å². The third kappa shape index (κ3) is 5.30. The van der Waals surface area contributed by atoms with Crippen molar-refractivity contribution in [1.29, 1.82) is 0 Å². The van der Waals surface area contributed by atoms with Gasteiger partial charge in [0.2, 0.25) is 0 Å². The van der Waals surface area contributed by atoms with Gasteiger partial charge in [-0.3, -0.25) is 14.5 Å². The lowest BCUT2D eigenvalue weighted by molar-refractivity contribution is -0.132. The minimum Gasteiger partial charge on any atom is -0.505 e. The highest BCUT2D eigenvalue weighted by molar-refractivity contribution is 7.17. The molecule has 1 amide bonds. The van der Waals surface area contributed by atoms with Crippen LogP contribution in [0.3, 0.4) is 0 Å². The number of aryl methyl sites for hydroxylation is 3. The van der Waals surface area contributed by atoms with E-state index in [0.29, 0.717) is 47.3 Å². The number of benzene rings is 1. The molecule has 44 heavy (non-hydrogen) atoms. The number of aliphatic hydroxyl groups is 1. The molecule has 0 saturated carbocycles. The second kappa shape index (κ2) is 12.5. The fourth-order valence-electron chi connectivity index (χ4n) is 5.20. The lowest BCUT2D eigenvalue weighted by Gasteiger charge is -2.24. The SMILES string of the molecule is CCCCOc1ccc(C2/C(=C(\O)c3nc4c(C)cccn4c3C)C(=O)C(=O)N2c2nc(C)c(C(=O)OC)s2)cc1OCC. The van der Waals surface area contributed by atoms with Crippen LogP contribution < -0.4 is 14.4 Å². The zero-order valence-corrected chi connectivity index (χ0v) is 26.3. The van der Waals surface area contributed by atoms with Crippen LogP contribution in [-0.2, 0) is 14.3 Å². The summed E-state index contributed by atoms with van der Waals surface area (Å²) in [7, 11) is 1.26. The van der Waals surface area contributed by atoms with E-state index in [4.69, 9.17) is 14.2 Å². The van der Waals surface area contributed by atoms with Gasteiger partial charge in [0.05, 0.1) is 43.3 Å². The maximum Gasteiger partial charge on any atom is 0.350 e. The highest BCUT2D eigenvalue weighted by Gasteiger charge is 2.49. The van der Waals surface area contributed by atoms with Gasteiger partial charge in [-0.2, -0.15) is 0 Å². The second-order valence-corrected chi connectivity index (χ2v) is 11.3. The standard InChI is InChI=1S/C32H34N4O7S/c1-7-9-15-43-21-13-12-20(16-22(21)42-8-2)25-23(26(37)24-19(5)35-14-10-11-17(3)29(35)34-24)27(38)30(39)36(25)32-33-18(4)28(44-32)31(40)41-6/h10-14,16,25,37H,7-9,15H2,1-6H3/b26-23+. The fourth-order valence-corrected chi connectivity index (χ4v) is 6.21. The van der Waals surface area contributed by atoms with E-state index in [9.17, 15) is 19.5 Å². The fraction of sp³-hybridized carbons (Fsp3) is 0.344. The predicted molar refractivity (Wildman–Crippen MR) is 166 cm³/mol. The zero-order valence-electron chi connectivity index (χ0n) is 25.5. The molecule has 1 unspecified atom stereocenters. The van der Waals surface area contributed by atoms with Gasteiger partial charge in [-0.15, -0.1) is 0 Å². The number of carbonyl (C=O) groups is 3. The van der Waals surface area contributed by atoms with Crippen LogP contribution in [0, 0.1) is 20.8 Å². The van der Waals surface area contributed by atoms with Crippen molar-refractivity contribution in [2.24, 2.45) is 0 Å². The van der Waals surface area contributed by atoms with Gasteiger partial charge < -0.3 is 23.7 Å². The van der Waals surface area contributed by atoms with Gasteiger partial charge in [0, 0.05) is 6.20 Å². The highest BCUT2D eigenvalue weighted by Crippen LogP contribution is 2.46. The smallest absolute Gasteiger partial charge is 0.350 e. The number of methoxy groups -OCH3 is 1. The number of anilines is 1. The van der Waals surface area contributed by atoms with Crippen molar-refractivity contribution in [3.8, 4) is 11.5 Å². The van der Waals surface area contributed by atoms with Gasteiger partial charge >= 0.3 is 11.9 Å². The van der Waals surface area contributed by atoms with Crippen molar-refractivity contribution in [2.45, 2.75) is 53.5 Å². The van der Waals surface area contributed by atoms with Gasteiger partial charge in [-0.1, -0.05) is 36.8 Å². The van der Waals surface area contributed by atoms with E-state index in [1.54, 1.807) is 32.0 Å². The van der Waals surface area contributed by atoms with Crippen molar-refractivity contribution in [1.82, 2.24) is 14.4 Å². The highest BCUT2D eigenvalue weighted by atomic mass is 32.1. The normalized spacial score (nSPS) is 16.1. The van der Waals surface area contributed by atoms with Crippen LogP contribution in [0.15, 0.2) is 42.1 Å². The summed E-state index contributed by atoms with van der Waals surface area (Å²) >= 11 is 0.931. The average Bonchev–Trinajstić information content (AvgIpc) is 3.65. The van der Waals surface area contributed by atoms with E-state index < -0.39 is 29.5 Å². The van der Waals surface area contributed by atoms with Crippen LogP contribution in [0.1, 0.15) is 70.6 Å². The lowest BCUT2D eigenvalue weighted by Crippen LogP contribution is -2.29. The number of imidazole rings is 1. The number of unbranched alkanes of at least 4 members (excludes halogenated alkanes) is 1. The van der Waals surface area contributed by atoms with Gasteiger partial charge in [0.25, 0.3) is 5.78 Å². The molecule has 0 spiro atoms. The Morgan fingerprint density at radius 3 is 2.52 bits per heavy atom. The van der Waals surface area contributed by atoms with E-state index in [2.05, 4.69) is 16.9 Å². The Hall–Kier alpha value is -4.71. The monoisotopic (exact) mass is 618 g/mol. The van der Waals surface area contributed by atoms with Gasteiger partial charge in [0.1, 0.15) is 16.2 Å². The summed E-state index contributed by atoms with van der Waals surface area (Å²) in [6.45, 7) is 10.1. The summed E-state index contributed by atoms with van der Waals surface area (Å²) in [6, 6.07) is 7.80. The first-order valence-electron chi connectivity index (χ1n) is 14.3. The molecule has 1 fully saturated rings. The maximum absolute atomic E-state index is 13.8. The number of fused-ring (bicyclic) bond motifs is 1. The summed E-state index contributed by atoms with van der Waals surface area (Å²) < 4.78 is 18.6. The summed E-state index contributed by atoms with van der Waals surface area (Å²) in [4.78, 5) is 50.5. The third-order valence-corrected chi connectivity index (χ3v) is 8.59. The zero-order chi connectivity index (χ0) is 31.7. The molecule has 1 N–H and O–H groups in total. The predicted octanol–water partition coefficient (Wildman–Crippen LogP) is 5.71. The molecule has 0 radical (unpaired) electrons. The number of rotatable bonds is 10. The van der Waals surface area contributed by atoms with Crippen LogP contribution >= 0.6 is 11.3 Å². The Morgan fingerprint density at radius 2 is 1.84 bits per heavy atom. The summed E-state index contributed by atoms with van der Waals surface area (Å²) in [6.07, 6.45) is 3.63. The Balaban J connectivity index is 1.74. The molecule has 3 aromatic heterocycles. The lowest BCUT2D eigenvalue weighted by atomic mass is 9.96. The summed E-state index contributed by atoms with van der Waals surface area (Å²) in [5, 5.41) is 11.9. The Morgan fingerprint density at radius 1 is 1.07 bits per heavy atom. The number of nitrogens with zero attached hydrogens (tertiary/aromatic N) is 4. The number of amides is 1. The van der Waals surface area contributed by atoms with E-state index in [1.165, 1.54) is 12.0 Å². The molecule has 11 nitrogen and oxygen atoms in total. The molecule has 4 heterocycles. The van der Waals surface area contributed by atoms with E-state index in [0.717, 1.165) is 29.7 Å². The molecule has 1 aliphatic rings. The van der Waals surface area contributed by atoms with Gasteiger partial charge in [0.15, 0.2) is 22.4 Å². The topological polar surface area (TPSA) is 133 Å². The van der Waals surface area contributed by atoms with Crippen molar-refractivity contribution in [3.63, 3.8) is 0 Å². The van der Waals surface area contributed by atoms with Crippen LogP contribution in [0.2, 0.25) is 0 Å². The first-order chi connectivity index (χ1) is 21.1. The number of hydrogen-bond donors (Lipinski definition) is 1. The van der Waals surface area contributed by atoms with E-state index in [1.807, 2.05) is 36.6 Å². The minimum absolute atomic E-state index is 0.109. The van der Waals surface area contributed by atoms with Crippen molar-refractivity contribution < 1.29 is 33.7 Å². The molecular formula is C32H34N4O7S. The van der Waals surface area contributed by atoms with E-state index in [-0.39, 0.29) is 21.3 Å². The number of hydrogen-bond acceptors (Lipinski definition) is 10. The Labute approximate surface area is 258 Å². The molecule has 4 aromatic rings. The van der Waals surface area contributed by atoms with Crippen LogP contribution in [-0.4, -0.2) is 57.5 Å².